The molecule has 0 amide bonds. The Morgan fingerprint density at radius 2 is 1.81 bits per heavy atom. The normalized spacial score (nSPS) is 10.6. The fraction of sp³-hybridized carbons (Fsp3) is 0.333. The van der Waals surface area contributed by atoms with Gasteiger partial charge in [-0.25, -0.2) is 4.39 Å². The lowest BCUT2D eigenvalue weighted by atomic mass is 10.1. The van der Waals surface area contributed by atoms with Crippen molar-refractivity contribution in [2.75, 3.05) is 18.5 Å². The van der Waals surface area contributed by atoms with Gasteiger partial charge in [0.15, 0.2) is 0 Å². The minimum Gasteiger partial charge on any atom is -0.339 e. The Bertz CT molecular complexity index is 554. The zero-order chi connectivity index (χ0) is 15.1. The highest BCUT2D eigenvalue weighted by Crippen LogP contribution is 2.31. The maximum absolute atomic E-state index is 14.5. The van der Waals surface area contributed by atoms with Crippen LogP contribution in [-0.4, -0.2) is 13.6 Å². The SMILES string of the molecule is CCCCN(c1ccccc1)c1c(F)cccc1CNC. The molecule has 0 aliphatic heterocycles. The summed E-state index contributed by atoms with van der Waals surface area (Å²) in [6, 6.07) is 15.3. The number of hydrogen-bond donors (Lipinski definition) is 1. The average Bonchev–Trinajstić information content (AvgIpc) is 2.51. The standard InChI is InChI=1S/C18H23FN2/c1-3-4-13-21(16-10-6-5-7-11-16)18-15(14-20-2)9-8-12-17(18)19/h5-12,20H,3-4,13-14H2,1-2H3. The van der Waals surface area contributed by atoms with E-state index in [-0.39, 0.29) is 5.82 Å². The topological polar surface area (TPSA) is 15.3 Å². The molecular formula is C18H23FN2. The summed E-state index contributed by atoms with van der Waals surface area (Å²) < 4.78 is 14.5. The number of anilines is 2. The summed E-state index contributed by atoms with van der Waals surface area (Å²) in [5.41, 5.74) is 2.71. The van der Waals surface area contributed by atoms with Gasteiger partial charge in [-0.1, -0.05) is 43.7 Å². The summed E-state index contributed by atoms with van der Waals surface area (Å²) in [4.78, 5) is 2.09. The summed E-state index contributed by atoms with van der Waals surface area (Å²) in [6.45, 7) is 3.62. The number of benzene rings is 2. The predicted octanol–water partition coefficient (Wildman–Crippen LogP) is 4.48. The molecule has 0 aliphatic rings. The minimum atomic E-state index is -0.164. The van der Waals surface area contributed by atoms with Crippen molar-refractivity contribution in [2.24, 2.45) is 0 Å². The molecule has 2 rings (SSSR count). The van der Waals surface area contributed by atoms with E-state index in [9.17, 15) is 4.39 Å². The number of hydrogen-bond acceptors (Lipinski definition) is 2. The fourth-order valence-corrected chi connectivity index (χ4v) is 2.49. The van der Waals surface area contributed by atoms with Gasteiger partial charge in [0.25, 0.3) is 0 Å². The van der Waals surface area contributed by atoms with Crippen LogP contribution in [0.2, 0.25) is 0 Å². The molecule has 0 atom stereocenters. The van der Waals surface area contributed by atoms with Gasteiger partial charge in [-0.3, -0.25) is 0 Å². The van der Waals surface area contributed by atoms with Crippen LogP contribution in [0.3, 0.4) is 0 Å². The molecule has 0 unspecified atom stereocenters. The lowest BCUT2D eigenvalue weighted by Crippen LogP contribution is -2.22. The molecule has 21 heavy (non-hydrogen) atoms. The van der Waals surface area contributed by atoms with Crippen LogP contribution in [0.1, 0.15) is 25.3 Å². The molecule has 0 heterocycles. The number of rotatable bonds is 7. The van der Waals surface area contributed by atoms with E-state index in [4.69, 9.17) is 0 Å². The number of nitrogens with one attached hydrogen (secondary N) is 1. The maximum atomic E-state index is 14.5. The van der Waals surface area contributed by atoms with E-state index in [1.54, 1.807) is 6.07 Å². The van der Waals surface area contributed by atoms with Crippen LogP contribution in [0.5, 0.6) is 0 Å². The Labute approximate surface area is 126 Å². The van der Waals surface area contributed by atoms with E-state index in [2.05, 4.69) is 17.1 Å². The van der Waals surface area contributed by atoms with Crippen molar-refractivity contribution in [3.63, 3.8) is 0 Å². The second-order valence-electron chi connectivity index (χ2n) is 5.12. The number of nitrogens with zero attached hydrogens (tertiary/aromatic N) is 1. The zero-order valence-electron chi connectivity index (χ0n) is 12.8. The van der Waals surface area contributed by atoms with Gasteiger partial charge >= 0.3 is 0 Å². The molecule has 0 saturated heterocycles. The van der Waals surface area contributed by atoms with Gasteiger partial charge in [-0.15, -0.1) is 0 Å². The molecule has 112 valence electrons. The van der Waals surface area contributed by atoms with Gasteiger partial charge in [0.05, 0.1) is 5.69 Å². The fourth-order valence-electron chi connectivity index (χ4n) is 2.49. The van der Waals surface area contributed by atoms with Crippen LogP contribution in [0, 0.1) is 5.82 Å². The van der Waals surface area contributed by atoms with Crippen molar-refractivity contribution >= 4 is 11.4 Å². The van der Waals surface area contributed by atoms with Crippen LogP contribution in [0.4, 0.5) is 15.8 Å². The molecule has 0 aliphatic carbocycles. The second-order valence-corrected chi connectivity index (χ2v) is 5.12. The van der Waals surface area contributed by atoms with Gasteiger partial charge < -0.3 is 10.2 Å². The first kappa shape index (κ1) is 15.5. The third kappa shape index (κ3) is 3.82. The number of unbranched alkanes of at least 4 members (excludes halogenated alkanes) is 1. The van der Waals surface area contributed by atoms with Crippen LogP contribution in [-0.2, 0) is 6.54 Å². The predicted molar refractivity (Wildman–Crippen MR) is 87.5 cm³/mol. The quantitative estimate of drug-likeness (QED) is 0.807. The Kier molecular flexibility index (Phi) is 5.76. The van der Waals surface area contributed by atoms with Crippen LogP contribution < -0.4 is 10.2 Å². The van der Waals surface area contributed by atoms with Crippen molar-refractivity contribution in [2.45, 2.75) is 26.3 Å². The van der Waals surface area contributed by atoms with Gasteiger partial charge in [0.2, 0.25) is 0 Å². The summed E-state index contributed by atoms with van der Waals surface area (Å²) in [7, 11) is 1.88. The van der Waals surface area contributed by atoms with Gasteiger partial charge in [0.1, 0.15) is 5.82 Å². The van der Waals surface area contributed by atoms with Crippen LogP contribution >= 0.6 is 0 Å². The zero-order valence-corrected chi connectivity index (χ0v) is 12.8. The van der Waals surface area contributed by atoms with Crippen molar-refractivity contribution in [1.82, 2.24) is 5.32 Å². The van der Waals surface area contributed by atoms with Crippen molar-refractivity contribution in [3.8, 4) is 0 Å². The smallest absolute Gasteiger partial charge is 0.147 e. The average molecular weight is 286 g/mol. The summed E-state index contributed by atoms with van der Waals surface area (Å²) >= 11 is 0. The second kappa shape index (κ2) is 7.79. The lowest BCUT2D eigenvalue weighted by Gasteiger charge is -2.27. The largest absolute Gasteiger partial charge is 0.339 e. The van der Waals surface area contributed by atoms with E-state index < -0.39 is 0 Å². The molecule has 0 radical (unpaired) electrons. The molecular weight excluding hydrogens is 263 g/mol. The Morgan fingerprint density at radius 1 is 1.05 bits per heavy atom. The Hall–Kier alpha value is -1.87. The molecule has 2 nitrogen and oxygen atoms in total. The molecule has 0 fully saturated rings. The van der Waals surface area contributed by atoms with E-state index in [0.717, 1.165) is 30.6 Å². The van der Waals surface area contributed by atoms with Crippen LogP contribution in [0.25, 0.3) is 0 Å². The van der Waals surface area contributed by atoms with E-state index >= 15 is 0 Å². The lowest BCUT2D eigenvalue weighted by molar-refractivity contribution is 0.618. The van der Waals surface area contributed by atoms with Gasteiger partial charge in [-0.05, 0) is 37.2 Å². The summed E-state index contributed by atoms with van der Waals surface area (Å²) in [6.07, 6.45) is 2.11. The van der Waals surface area contributed by atoms with Crippen molar-refractivity contribution in [1.29, 1.82) is 0 Å². The molecule has 0 bridgehead atoms. The Balaban J connectivity index is 2.46. The molecule has 0 aromatic heterocycles. The number of halogens is 1. The van der Waals surface area contributed by atoms with Gasteiger partial charge in [-0.2, -0.15) is 0 Å². The molecule has 3 heteroatoms. The van der Waals surface area contributed by atoms with Crippen LogP contribution in [0.15, 0.2) is 48.5 Å². The van der Waals surface area contributed by atoms with E-state index in [0.29, 0.717) is 12.2 Å². The highest BCUT2D eigenvalue weighted by molar-refractivity contribution is 5.67. The third-order valence-electron chi connectivity index (χ3n) is 3.51. The molecule has 0 spiro atoms. The Morgan fingerprint density at radius 3 is 2.48 bits per heavy atom. The first-order chi connectivity index (χ1) is 10.3. The molecule has 1 N–H and O–H groups in total. The molecule has 0 saturated carbocycles. The van der Waals surface area contributed by atoms with Crippen molar-refractivity contribution in [3.05, 3.63) is 59.9 Å². The van der Waals surface area contributed by atoms with Crippen molar-refractivity contribution < 1.29 is 4.39 Å². The first-order valence-corrected chi connectivity index (χ1v) is 7.52. The highest BCUT2D eigenvalue weighted by atomic mass is 19.1. The first-order valence-electron chi connectivity index (χ1n) is 7.52. The van der Waals surface area contributed by atoms with E-state index in [1.165, 1.54) is 6.07 Å². The third-order valence-corrected chi connectivity index (χ3v) is 3.51. The monoisotopic (exact) mass is 286 g/mol. The molecule has 2 aromatic rings. The molecule has 2 aromatic carbocycles. The summed E-state index contributed by atoms with van der Waals surface area (Å²) in [5.74, 6) is -0.164. The maximum Gasteiger partial charge on any atom is 0.147 e. The number of para-hydroxylation sites is 2. The summed E-state index contributed by atoms with van der Waals surface area (Å²) in [5, 5.41) is 3.12. The van der Waals surface area contributed by atoms with Gasteiger partial charge in [0, 0.05) is 18.8 Å². The minimum absolute atomic E-state index is 0.164. The van der Waals surface area contributed by atoms with E-state index in [1.807, 2.05) is 43.4 Å². The highest BCUT2D eigenvalue weighted by Gasteiger charge is 2.17.